The van der Waals surface area contributed by atoms with Gasteiger partial charge in [-0.2, -0.15) is 0 Å². The van der Waals surface area contributed by atoms with Crippen LogP contribution in [0.3, 0.4) is 0 Å². The molecule has 1 aliphatic heterocycles. The minimum atomic E-state index is 0.0394. The monoisotopic (exact) mass is 329 g/mol. The largest absolute Gasteiger partial charge is 0.493 e. The lowest BCUT2D eigenvalue weighted by Crippen LogP contribution is -2.09. The summed E-state index contributed by atoms with van der Waals surface area (Å²) in [7, 11) is 1.61. The molecule has 0 saturated carbocycles. The summed E-state index contributed by atoms with van der Waals surface area (Å²) in [6, 6.07) is 3.79. The van der Waals surface area contributed by atoms with Gasteiger partial charge in [-0.1, -0.05) is 35.6 Å². The van der Waals surface area contributed by atoms with Crippen LogP contribution >= 0.6 is 35.6 Å². The van der Waals surface area contributed by atoms with Crippen molar-refractivity contribution in [1.82, 2.24) is 5.32 Å². The molecule has 0 unspecified atom stereocenters. The van der Waals surface area contributed by atoms with E-state index < -0.39 is 0 Å². The van der Waals surface area contributed by atoms with E-state index in [4.69, 9.17) is 33.3 Å². The predicted molar refractivity (Wildman–Crippen MR) is 89.9 cm³/mol. The average Bonchev–Trinajstić information content (AvgIpc) is 2.77. The Morgan fingerprint density at radius 1 is 1.45 bits per heavy atom. The van der Waals surface area contributed by atoms with Crippen LogP contribution in [-0.4, -0.2) is 24.1 Å². The average molecular weight is 330 g/mol. The van der Waals surface area contributed by atoms with Crippen LogP contribution in [0.15, 0.2) is 17.0 Å². The summed E-state index contributed by atoms with van der Waals surface area (Å²) in [5.74, 6) is 1.22. The van der Waals surface area contributed by atoms with E-state index in [0.29, 0.717) is 16.5 Å². The van der Waals surface area contributed by atoms with E-state index in [1.165, 1.54) is 0 Å². The van der Waals surface area contributed by atoms with Crippen molar-refractivity contribution in [2.75, 3.05) is 13.7 Å². The Labute approximate surface area is 133 Å². The molecular formula is C14H16ClNO2S2. The van der Waals surface area contributed by atoms with E-state index in [2.05, 4.69) is 5.32 Å². The fraction of sp³-hybridized carbons (Fsp3) is 0.357. The number of thiocarbonyl (C=S) groups is 1. The highest BCUT2D eigenvalue weighted by molar-refractivity contribution is 8.26. The predicted octanol–water partition coefficient (Wildman–Crippen LogP) is 4.10. The van der Waals surface area contributed by atoms with Crippen LogP contribution in [0.25, 0.3) is 6.08 Å². The number of benzene rings is 1. The van der Waals surface area contributed by atoms with Crippen molar-refractivity contribution in [3.8, 4) is 11.5 Å². The molecule has 0 spiro atoms. The van der Waals surface area contributed by atoms with E-state index in [0.717, 1.165) is 21.3 Å². The second kappa shape index (κ2) is 6.70. The Hall–Kier alpha value is -0.910. The second-order valence-corrected chi connectivity index (χ2v) is 6.77. The third-order valence-electron chi connectivity index (χ3n) is 2.56. The summed E-state index contributed by atoms with van der Waals surface area (Å²) in [6.07, 6.45) is 2.09. The van der Waals surface area contributed by atoms with Crippen molar-refractivity contribution in [1.29, 1.82) is 0 Å². The standard InChI is InChI=1S/C14H16ClNO2S2/c1-8(2)18-13-11(15)5-9(6-12(13)17-3)4-10-7-16-14(19)20-10/h4-6,8H,7H2,1-3H3,(H,16,19). The Kier molecular flexibility index (Phi) is 5.18. The van der Waals surface area contributed by atoms with E-state index in [1.807, 2.05) is 32.1 Å². The van der Waals surface area contributed by atoms with Gasteiger partial charge in [0.25, 0.3) is 0 Å². The van der Waals surface area contributed by atoms with E-state index in [-0.39, 0.29) is 6.10 Å². The van der Waals surface area contributed by atoms with Gasteiger partial charge in [-0.25, -0.2) is 0 Å². The van der Waals surface area contributed by atoms with Crippen LogP contribution in [0.1, 0.15) is 19.4 Å². The van der Waals surface area contributed by atoms with E-state index in [1.54, 1.807) is 18.9 Å². The van der Waals surface area contributed by atoms with Gasteiger partial charge in [0.05, 0.1) is 18.2 Å². The molecule has 1 aliphatic rings. The maximum absolute atomic E-state index is 6.29. The van der Waals surface area contributed by atoms with Crippen molar-refractivity contribution in [2.45, 2.75) is 20.0 Å². The molecule has 1 fully saturated rings. The Balaban J connectivity index is 2.32. The molecule has 0 aliphatic carbocycles. The van der Waals surface area contributed by atoms with Gasteiger partial charge in [0.1, 0.15) is 4.32 Å². The number of ether oxygens (including phenoxy) is 2. The van der Waals surface area contributed by atoms with Gasteiger partial charge in [-0.05, 0) is 37.6 Å². The SMILES string of the molecule is COc1cc(C=C2CNC(=S)S2)cc(Cl)c1OC(C)C. The lowest BCUT2D eigenvalue weighted by Gasteiger charge is -2.15. The quantitative estimate of drug-likeness (QED) is 0.840. The minimum absolute atomic E-state index is 0.0394. The minimum Gasteiger partial charge on any atom is -0.493 e. The van der Waals surface area contributed by atoms with Crippen LogP contribution in [0.5, 0.6) is 11.5 Å². The zero-order valence-corrected chi connectivity index (χ0v) is 13.9. The molecule has 2 rings (SSSR count). The lowest BCUT2D eigenvalue weighted by atomic mass is 10.2. The molecule has 0 atom stereocenters. The van der Waals surface area contributed by atoms with Crippen molar-refractivity contribution in [2.24, 2.45) is 0 Å². The van der Waals surface area contributed by atoms with Crippen LogP contribution < -0.4 is 14.8 Å². The highest BCUT2D eigenvalue weighted by Crippen LogP contribution is 2.38. The summed E-state index contributed by atoms with van der Waals surface area (Å²) in [5, 5.41) is 3.65. The summed E-state index contributed by atoms with van der Waals surface area (Å²) in [6.45, 7) is 4.66. The summed E-state index contributed by atoms with van der Waals surface area (Å²) in [5.41, 5.74) is 0.969. The first kappa shape index (κ1) is 15.5. The first-order valence-corrected chi connectivity index (χ1v) is 7.80. The van der Waals surface area contributed by atoms with Gasteiger partial charge in [0, 0.05) is 11.4 Å². The molecule has 20 heavy (non-hydrogen) atoms. The molecule has 0 amide bonds. The van der Waals surface area contributed by atoms with Crippen LogP contribution in [0.4, 0.5) is 0 Å². The van der Waals surface area contributed by atoms with E-state index >= 15 is 0 Å². The fourth-order valence-corrected chi connectivity index (χ4v) is 3.17. The molecule has 1 saturated heterocycles. The molecule has 3 nitrogen and oxygen atoms in total. The number of halogens is 1. The van der Waals surface area contributed by atoms with Crippen LogP contribution in [0, 0.1) is 0 Å². The van der Waals surface area contributed by atoms with E-state index in [9.17, 15) is 0 Å². The fourth-order valence-electron chi connectivity index (χ4n) is 1.79. The summed E-state index contributed by atoms with van der Waals surface area (Å²) < 4.78 is 11.9. The Bertz CT molecular complexity index is 558. The van der Waals surface area contributed by atoms with Crippen LogP contribution in [0.2, 0.25) is 5.02 Å². The molecule has 6 heteroatoms. The Morgan fingerprint density at radius 3 is 2.75 bits per heavy atom. The van der Waals surface area contributed by atoms with Crippen molar-refractivity contribution in [3.63, 3.8) is 0 Å². The normalized spacial score (nSPS) is 16.6. The van der Waals surface area contributed by atoms with Crippen molar-refractivity contribution < 1.29 is 9.47 Å². The van der Waals surface area contributed by atoms with Gasteiger partial charge in [-0.15, -0.1) is 0 Å². The molecule has 0 aromatic heterocycles. The molecule has 0 bridgehead atoms. The maximum Gasteiger partial charge on any atom is 0.180 e. The summed E-state index contributed by atoms with van der Waals surface area (Å²) >= 11 is 12.9. The molecule has 1 aromatic carbocycles. The van der Waals surface area contributed by atoms with Gasteiger partial charge in [-0.3, -0.25) is 0 Å². The van der Waals surface area contributed by atoms with Gasteiger partial charge in [0.2, 0.25) is 0 Å². The van der Waals surface area contributed by atoms with Crippen molar-refractivity contribution in [3.05, 3.63) is 27.6 Å². The van der Waals surface area contributed by atoms with Crippen molar-refractivity contribution >= 4 is 46.0 Å². The number of thioether (sulfide) groups is 1. The smallest absolute Gasteiger partial charge is 0.180 e. The zero-order chi connectivity index (χ0) is 14.7. The molecule has 1 N–H and O–H groups in total. The Morgan fingerprint density at radius 2 is 2.20 bits per heavy atom. The summed E-state index contributed by atoms with van der Waals surface area (Å²) in [4.78, 5) is 1.16. The number of rotatable bonds is 4. The highest BCUT2D eigenvalue weighted by Gasteiger charge is 2.15. The first-order chi connectivity index (χ1) is 9.49. The number of hydrogen-bond donors (Lipinski definition) is 1. The second-order valence-electron chi connectivity index (χ2n) is 4.55. The number of hydrogen-bond acceptors (Lipinski definition) is 4. The topological polar surface area (TPSA) is 30.5 Å². The molecule has 0 radical (unpaired) electrons. The first-order valence-electron chi connectivity index (χ1n) is 6.20. The van der Waals surface area contributed by atoms with Gasteiger partial charge in [0.15, 0.2) is 11.5 Å². The molecule has 1 aromatic rings. The molecule has 108 valence electrons. The maximum atomic E-state index is 6.29. The van der Waals surface area contributed by atoms with Gasteiger partial charge < -0.3 is 14.8 Å². The molecule has 1 heterocycles. The third kappa shape index (κ3) is 3.81. The molecular weight excluding hydrogens is 314 g/mol. The van der Waals surface area contributed by atoms with Crippen LogP contribution in [-0.2, 0) is 0 Å². The number of nitrogens with one attached hydrogen (secondary N) is 1. The third-order valence-corrected chi connectivity index (χ3v) is 4.09. The number of methoxy groups -OCH3 is 1. The highest BCUT2D eigenvalue weighted by atomic mass is 35.5. The lowest BCUT2D eigenvalue weighted by molar-refractivity contribution is 0.230. The zero-order valence-electron chi connectivity index (χ0n) is 11.5. The van der Waals surface area contributed by atoms with Gasteiger partial charge >= 0.3 is 0 Å².